The first kappa shape index (κ1) is 38.4. The predicted octanol–water partition coefficient (Wildman–Crippen LogP) is 9.50. The number of benzene rings is 1. The topological polar surface area (TPSA) is 76.4 Å². The molecule has 0 amide bonds. The molecule has 0 N–H and O–H groups in total. The van der Waals surface area contributed by atoms with E-state index in [4.69, 9.17) is 14.8 Å². The Morgan fingerprint density at radius 1 is 0.830 bits per heavy atom. The van der Waals surface area contributed by atoms with E-state index >= 15 is 0 Å². The Balaban J connectivity index is 1.54. The van der Waals surface area contributed by atoms with E-state index in [1.54, 1.807) is 17.9 Å². The Morgan fingerprint density at radius 3 is 1.94 bits per heavy atom. The van der Waals surface area contributed by atoms with Crippen LogP contribution in [0.4, 0.5) is 38.0 Å². The molecule has 6 rings (SSSR count). The molecule has 0 bridgehead atoms. The smallest absolute Gasteiger partial charge is 0.416 e. The Kier molecular flexibility index (Phi) is 10.5. The molecule has 2 aliphatic rings. The number of carbonyl (C=O) groups is 1. The molecule has 286 valence electrons. The van der Waals surface area contributed by atoms with E-state index in [0.717, 1.165) is 67.5 Å². The number of aromatic nitrogens is 4. The van der Waals surface area contributed by atoms with E-state index in [1.807, 2.05) is 45.4 Å². The highest BCUT2D eigenvalue weighted by molar-refractivity contribution is 5.89. The summed E-state index contributed by atoms with van der Waals surface area (Å²) in [5.41, 5.74) is -0.383. The van der Waals surface area contributed by atoms with Crippen LogP contribution in [0.2, 0.25) is 0 Å². The average Bonchev–Trinajstić information content (AvgIpc) is 4.02. The monoisotopic (exact) mass is 744 g/mol. The second-order valence-electron chi connectivity index (χ2n) is 15.4. The van der Waals surface area contributed by atoms with E-state index < -0.39 is 29.4 Å². The van der Waals surface area contributed by atoms with Crippen LogP contribution in [0.25, 0.3) is 11.0 Å². The zero-order valence-corrected chi connectivity index (χ0v) is 31.0. The molecule has 3 heterocycles. The maximum absolute atomic E-state index is 14.0. The fourth-order valence-corrected chi connectivity index (χ4v) is 6.66. The zero-order valence-electron chi connectivity index (χ0n) is 31.0. The van der Waals surface area contributed by atoms with Crippen LogP contribution in [0, 0.1) is 18.8 Å². The van der Waals surface area contributed by atoms with Gasteiger partial charge in [0.25, 0.3) is 0 Å². The lowest BCUT2D eigenvalue weighted by molar-refractivity contribution is -0.143. The number of nitrogens with zero attached hydrogens (tertiary/aromatic N) is 6. The van der Waals surface area contributed by atoms with Crippen LogP contribution in [0.5, 0.6) is 0 Å². The maximum Gasteiger partial charge on any atom is 0.416 e. The number of anilines is 2. The van der Waals surface area contributed by atoms with Gasteiger partial charge in [-0.15, -0.1) is 0 Å². The number of rotatable bonds is 13. The summed E-state index contributed by atoms with van der Waals surface area (Å²) < 4.78 is 91.2. The number of hydrogen-bond donors (Lipinski definition) is 0. The van der Waals surface area contributed by atoms with E-state index in [0.29, 0.717) is 41.1 Å². The molecule has 0 aliphatic heterocycles. The quantitative estimate of drug-likeness (QED) is 0.0998. The largest absolute Gasteiger partial charge is 0.462 e. The molecule has 0 radical (unpaired) electrons. The molecule has 4 aromatic rings. The van der Waals surface area contributed by atoms with Crippen molar-refractivity contribution in [2.45, 2.75) is 105 Å². The van der Waals surface area contributed by atoms with Crippen LogP contribution in [0.15, 0.2) is 36.5 Å². The SMILES string of the molecule is CCOC(=O)c1cnc(N(Cc2cc(C(F)(F)F)cc(C(F)(F)F)c2)Cc2cc3c(C)nn(C(C)(C)C)c3nc2N(CC2CC2)CC2CC2)c(CC)c1. The average molecular weight is 745 g/mol. The van der Waals surface area contributed by atoms with E-state index in [-0.39, 0.29) is 42.4 Å². The normalized spacial score (nSPS) is 15.2. The number of pyridine rings is 2. The molecule has 0 spiro atoms. The summed E-state index contributed by atoms with van der Waals surface area (Å²) in [6.07, 6.45) is -3.87. The van der Waals surface area contributed by atoms with Gasteiger partial charge in [-0.2, -0.15) is 31.4 Å². The number of aryl methyl sites for hydroxylation is 2. The highest BCUT2D eigenvalue weighted by Crippen LogP contribution is 2.40. The predicted molar refractivity (Wildman–Crippen MR) is 191 cm³/mol. The van der Waals surface area contributed by atoms with Gasteiger partial charge >= 0.3 is 18.3 Å². The van der Waals surface area contributed by atoms with Crippen molar-refractivity contribution in [1.82, 2.24) is 19.7 Å². The Bertz CT molecular complexity index is 1930. The van der Waals surface area contributed by atoms with Crippen molar-refractivity contribution in [3.8, 4) is 0 Å². The fraction of sp³-hybridized carbons (Fsp3) is 0.538. The van der Waals surface area contributed by atoms with Gasteiger partial charge in [-0.1, -0.05) is 6.92 Å². The minimum Gasteiger partial charge on any atom is -0.462 e. The van der Waals surface area contributed by atoms with Crippen LogP contribution in [-0.4, -0.2) is 45.4 Å². The number of halogens is 6. The lowest BCUT2D eigenvalue weighted by atomic mass is 10.0. The second-order valence-corrected chi connectivity index (χ2v) is 15.4. The molecule has 0 saturated heterocycles. The summed E-state index contributed by atoms with van der Waals surface area (Å²) in [7, 11) is 0. The minimum atomic E-state index is -5.01. The summed E-state index contributed by atoms with van der Waals surface area (Å²) in [4.78, 5) is 26.6. The summed E-state index contributed by atoms with van der Waals surface area (Å²) >= 11 is 0. The first-order valence-corrected chi connectivity index (χ1v) is 18.2. The molecule has 53 heavy (non-hydrogen) atoms. The van der Waals surface area contributed by atoms with Crippen molar-refractivity contribution in [2.24, 2.45) is 11.8 Å². The number of hydrogen-bond acceptors (Lipinski definition) is 7. The van der Waals surface area contributed by atoms with Crippen LogP contribution < -0.4 is 9.80 Å². The first-order chi connectivity index (χ1) is 24.8. The maximum atomic E-state index is 14.0. The zero-order chi connectivity index (χ0) is 38.5. The Labute approximate surface area is 305 Å². The number of esters is 1. The van der Waals surface area contributed by atoms with Gasteiger partial charge in [0.15, 0.2) is 5.65 Å². The van der Waals surface area contributed by atoms with Crippen molar-refractivity contribution >= 4 is 28.6 Å². The molecule has 14 heteroatoms. The van der Waals surface area contributed by atoms with Gasteiger partial charge in [-0.05, 0) is 120 Å². The van der Waals surface area contributed by atoms with Gasteiger partial charge in [0, 0.05) is 43.3 Å². The van der Waals surface area contributed by atoms with Gasteiger partial charge in [-0.3, -0.25) is 0 Å². The van der Waals surface area contributed by atoms with Crippen molar-refractivity contribution in [1.29, 1.82) is 0 Å². The number of ether oxygens (including phenoxy) is 1. The minimum absolute atomic E-state index is 0.0561. The number of alkyl halides is 6. The standard InChI is InChI=1S/C39H46F6N6O2/c1-7-27-15-28(36(52)53-8-2)18-46-33(27)50(21-26-13-30(38(40,41)42)17-31(14-26)39(43,44)45)22-29-16-32-23(3)48-51(37(4,5)6)35(32)47-34(29)49(19-24-9-10-24)20-25-11-12-25/h13-18,24-25H,7-12,19-22H2,1-6H3. The summed E-state index contributed by atoms with van der Waals surface area (Å²) in [5.74, 6) is 1.49. The highest BCUT2D eigenvalue weighted by atomic mass is 19.4. The van der Waals surface area contributed by atoms with Crippen molar-refractivity contribution in [3.05, 3.63) is 75.6 Å². The lowest BCUT2D eigenvalue weighted by Crippen LogP contribution is -2.32. The summed E-state index contributed by atoms with van der Waals surface area (Å²) in [6, 6.07) is 5.28. The third-order valence-corrected chi connectivity index (χ3v) is 9.70. The molecular formula is C39H46F6N6O2. The van der Waals surface area contributed by atoms with Crippen molar-refractivity contribution in [3.63, 3.8) is 0 Å². The molecule has 2 aliphatic carbocycles. The van der Waals surface area contributed by atoms with Gasteiger partial charge in [-0.25, -0.2) is 19.4 Å². The van der Waals surface area contributed by atoms with Gasteiger partial charge in [0.2, 0.25) is 0 Å². The van der Waals surface area contributed by atoms with Gasteiger partial charge in [0.05, 0.1) is 34.5 Å². The lowest BCUT2D eigenvalue weighted by Gasteiger charge is -2.31. The van der Waals surface area contributed by atoms with Crippen molar-refractivity contribution in [2.75, 3.05) is 29.5 Å². The molecule has 8 nitrogen and oxygen atoms in total. The van der Waals surface area contributed by atoms with Crippen LogP contribution in [-0.2, 0) is 42.1 Å². The van der Waals surface area contributed by atoms with Gasteiger partial charge in [0.1, 0.15) is 11.6 Å². The third kappa shape index (κ3) is 8.89. The molecule has 2 saturated carbocycles. The molecule has 0 unspecified atom stereocenters. The molecule has 1 aromatic carbocycles. The fourth-order valence-electron chi connectivity index (χ4n) is 6.66. The Morgan fingerprint density at radius 2 is 1.43 bits per heavy atom. The highest BCUT2D eigenvalue weighted by Gasteiger charge is 2.38. The molecule has 3 aromatic heterocycles. The third-order valence-electron chi connectivity index (χ3n) is 9.70. The molecule has 0 atom stereocenters. The van der Waals surface area contributed by atoms with Crippen LogP contribution >= 0.6 is 0 Å². The first-order valence-electron chi connectivity index (χ1n) is 18.2. The Hall–Kier alpha value is -4.36. The van der Waals surface area contributed by atoms with E-state index in [2.05, 4.69) is 9.88 Å². The summed E-state index contributed by atoms with van der Waals surface area (Å²) in [5, 5.41) is 5.64. The van der Waals surface area contributed by atoms with Crippen LogP contribution in [0.1, 0.15) is 104 Å². The van der Waals surface area contributed by atoms with Gasteiger partial charge < -0.3 is 14.5 Å². The van der Waals surface area contributed by atoms with Crippen LogP contribution in [0.3, 0.4) is 0 Å². The number of fused-ring (bicyclic) bond motifs is 1. The van der Waals surface area contributed by atoms with Crippen molar-refractivity contribution < 1.29 is 35.9 Å². The van der Waals surface area contributed by atoms with E-state index in [9.17, 15) is 31.1 Å². The second kappa shape index (κ2) is 14.5. The molecule has 2 fully saturated rings. The van der Waals surface area contributed by atoms with E-state index in [1.165, 1.54) is 6.20 Å². The summed E-state index contributed by atoms with van der Waals surface area (Å²) in [6.45, 7) is 13.0. The number of carbonyl (C=O) groups excluding carboxylic acids is 1. The molecular weight excluding hydrogens is 698 g/mol.